The Labute approximate surface area is 222 Å². The van der Waals surface area contributed by atoms with Crippen LogP contribution in [0.15, 0.2) is 67.0 Å². The van der Waals surface area contributed by atoms with Crippen molar-refractivity contribution in [2.75, 3.05) is 5.32 Å². The molecule has 2 aromatic heterocycles. The largest absolute Gasteiger partial charge is 0.353 e. The molecular weight excluding hydrogens is 482 g/mol. The van der Waals surface area contributed by atoms with Crippen LogP contribution in [0.1, 0.15) is 51.4 Å². The van der Waals surface area contributed by atoms with E-state index < -0.39 is 0 Å². The predicted molar refractivity (Wildman–Crippen MR) is 149 cm³/mol. The second-order valence-corrected chi connectivity index (χ2v) is 10.8. The lowest BCUT2D eigenvalue weighted by Crippen LogP contribution is -2.43. The number of carbonyl (C=O) groups excluding carboxylic acids is 1. The normalized spacial score (nSPS) is 20.2. The molecule has 6 rings (SSSR count). The van der Waals surface area contributed by atoms with Crippen molar-refractivity contribution in [3.8, 4) is 16.9 Å². The van der Waals surface area contributed by atoms with Crippen LogP contribution in [0.4, 0.5) is 5.95 Å². The summed E-state index contributed by atoms with van der Waals surface area (Å²) in [6, 6.07) is 19.0. The molecule has 2 aliphatic carbocycles. The first-order valence-electron chi connectivity index (χ1n) is 13.4. The van der Waals surface area contributed by atoms with E-state index in [0.717, 1.165) is 60.7 Å². The van der Waals surface area contributed by atoms with Crippen LogP contribution in [0.2, 0.25) is 5.02 Å². The topological polar surface area (TPSA) is 71.8 Å². The van der Waals surface area contributed by atoms with Crippen LogP contribution in [0, 0.1) is 5.92 Å². The zero-order valence-corrected chi connectivity index (χ0v) is 21.6. The molecule has 2 saturated carbocycles. The first-order valence-corrected chi connectivity index (χ1v) is 13.8. The third-order valence-corrected chi connectivity index (χ3v) is 8.10. The first kappa shape index (κ1) is 24.0. The second kappa shape index (κ2) is 10.5. The molecule has 0 radical (unpaired) electrons. The van der Waals surface area contributed by atoms with Gasteiger partial charge in [0.05, 0.1) is 22.4 Å². The van der Waals surface area contributed by atoms with Crippen molar-refractivity contribution in [3.63, 3.8) is 0 Å². The van der Waals surface area contributed by atoms with E-state index in [1.165, 1.54) is 12.8 Å². The van der Waals surface area contributed by atoms with E-state index in [9.17, 15) is 4.79 Å². The number of carbonyl (C=O) groups is 1. The zero-order chi connectivity index (χ0) is 25.2. The maximum Gasteiger partial charge on any atom is 0.223 e. The van der Waals surface area contributed by atoms with Crippen molar-refractivity contribution in [3.05, 3.63) is 72.0 Å². The smallest absolute Gasteiger partial charge is 0.223 e. The van der Waals surface area contributed by atoms with Gasteiger partial charge in [0.25, 0.3) is 0 Å². The summed E-state index contributed by atoms with van der Waals surface area (Å²) in [6.45, 7) is 0. The average molecular weight is 514 g/mol. The Morgan fingerprint density at radius 1 is 0.919 bits per heavy atom. The maximum absolute atomic E-state index is 12.7. The molecule has 6 nitrogen and oxygen atoms in total. The molecule has 2 aliphatic rings. The summed E-state index contributed by atoms with van der Waals surface area (Å²) < 4.78 is 2.18. The molecule has 190 valence electrons. The number of aromatic nitrogens is 3. The number of rotatable bonds is 6. The van der Waals surface area contributed by atoms with Crippen LogP contribution >= 0.6 is 11.6 Å². The molecule has 0 spiro atoms. The first-order chi connectivity index (χ1) is 18.2. The summed E-state index contributed by atoms with van der Waals surface area (Å²) in [5.41, 5.74) is 3.87. The SMILES string of the molecule is O=C(N[C@H]1CCC[C@@H](Nc2ncc(Cl)c(-c3cn(-c4ccccc4)c4ccccc34)n2)C1)C1CCCC1. The Morgan fingerprint density at radius 3 is 2.51 bits per heavy atom. The van der Waals surface area contributed by atoms with Gasteiger partial charge in [0.1, 0.15) is 0 Å². The van der Waals surface area contributed by atoms with Gasteiger partial charge in [0.2, 0.25) is 11.9 Å². The van der Waals surface area contributed by atoms with Crippen LogP contribution in [0.3, 0.4) is 0 Å². The molecule has 2 aromatic carbocycles. The van der Waals surface area contributed by atoms with Gasteiger partial charge in [-0.15, -0.1) is 0 Å². The number of fused-ring (bicyclic) bond motifs is 1. The van der Waals surface area contributed by atoms with Crippen molar-refractivity contribution in [1.29, 1.82) is 0 Å². The van der Waals surface area contributed by atoms with Gasteiger partial charge in [0, 0.05) is 40.8 Å². The van der Waals surface area contributed by atoms with Crippen molar-refractivity contribution in [1.82, 2.24) is 19.9 Å². The fourth-order valence-electron chi connectivity index (χ4n) is 5.94. The van der Waals surface area contributed by atoms with E-state index in [0.29, 0.717) is 16.7 Å². The number of halogens is 1. The Hall–Kier alpha value is -3.38. The van der Waals surface area contributed by atoms with Crippen LogP contribution in [-0.4, -0.2) is 32.5 Å². The molecule has 0 saturated heterocycles. The number of nitrogens with one attached hydrogen (secondary N) is 2. The molecule has 0 aliphatic heterocycles. The van der Waals surface area contributed by atoms with E-state index in [4.69, 9.17) is 16.6 Å². The van der Waals surface area contributed by atoms with Crippen LogP contribution in [-0.2, 0) is 4.79 Å². The summed E-state index contributed by atoms with van der Waals surface area (Å²) in [4.78, 5) is 22.0. The number of hydrogen-bond donors (Lipinski definition) is 2. The minimum atomic E-state index is 0.202. The van der Waals surface area contributed by atoms with Crippen molar-refractivity contribution in [2.24, 2.45) is 5.92 Å². The number of para-hydroxylation sites is 2. The highest BCUT2D eigenvalue weighted by atomic mass is 35.5. The lowest BCUT2D eigenvalue weighted by atomic mass is 9.90. The number of nitrogens with zero attached hydrogens (tertiary/aromatic N) is 3. The minimum Gasteiger partial charge on any atom is -0.353 e. The van der Waals surface area contributed by atoms with Gasteiger partial charge in [-0.25, -0.2) is 9.97 Å². The Bertz CT molecular complexity index is 1400. The van der Waals surface area contributed by atoms with Gasteiger partial charge in [-0.1, -0.05) is 60.8 Å². The van der Waals surface area contributed by atoms with Crippen molar-refractivity contribution < 1.29 is 4.79 Å². The fourth-order valence-corrected chi connectivity index (χ4v) is 6.13. The molecule has 2 N–H and O–H groups in total. The monoisotopic (exact) mass is 513 g/mol. The lowest BCUT2D eigenvalue weighted by molar-refractivity contribution is -0.125. The highest BCUT2D eigenvalue weighted by molar-refractivity contribution is 6.33. The Balaban J connectivity index is 1.24. The quantitative estimate of drug-likeness (QED) is 0.298. The highest BCUT2D eigenvalue weighted by Crippen LogP contribution is 2.35. The number of benzene rings is 2. The third kappa shape index (κ3) is 5.08. The summed E-state index contributed by atoms with van der Waals surface area (Å²) >= 11 is 6.66. The van der Waals surface area contributed by atoms with Crippen LogP contribution in [0.5, 0.6) is 0 Å². The van der Waals surface area contributed by atoms with E-state index in [1.54, 1.807) is 6.20 Å². The minimum absolute atomic E-state index is 0.202. The molecular formula is C30H32ClN5O. The van der Waals surface area contributed by atoms with E-state index >= 15 is 0 Å². The standard InChI is InChI=1S/C30H32ClN5O/c31-26-18-32-30(34-22-12-8-11-21(17-22)33-29(37)20-9-4-5-10-20)35-28(26)25-19-36(23-13-2-1-3-14-23)27-16-7-6-15-24(25)27/h1-3,6-7,13-16,18-22H,4-5,8-12,17H2,(H,33,37)(H,32,34,35)/t21-,22+/m0/s1. The Kier molecular flexibility index (Phi) is 6.83. The fraction of sp³-hybridized carbons (Fsp3) is 0.367. The molecule has 0 unspecified atom stereocenters. The van der Waals surface area contributed by atoms with Crippen LogP contribution < -0.4 is 10.6 Å². The summed E-state index contributed by atoms with van der Waals surface area (Å²) in [5, 5.41) is 8.46. The van der Waals surface area contributed by atoms with E-state index in [1.807, 2.05) is 30.3 Å². The molecule has 7 heteroatoms. The predicted octanol–water partition coefficient (Wildman–Crippen LogP) is 6.77. The Morgan fingerprint density at radius 2 is 1.68 bits per heavy atom. The molecule has 2 atom stereocenters. The number of hydrogen-bond acceptors (Lipinski definition) is 4. The maximum atomic E-state index is 12.7. The molecule has 2 heterocycles. The third-order valence-electron chi connectivity index (χ3n) is 7.83. The van der Waals surface area contributed by atoms with Crippen molar-refractivity contribution in [2.45, 2.75) is 63.5 Å². The number of amides is 1. The number of anilines is 1. The van der Waals surface area contributed by atoms with Crippen molar-refractivity contribution >= 4 is 34.4 Å². The summed E-state index contributed by atoms with van der Waals surface area (Å²) in [6.07, 6.45) is 12.2. The summed E-state index contributed by atoms with van der Waals surface area (Å²) in [5.74, 6) is 1.01. The van der Waals surface area contributed by atoms with E-state index in [2.05, 4.69) is 50.6 Å². The van der Waals surface area contributed by atoms with E-state index in [-0.39, 0.29) is 23.9 Å². The zero-order valence-electron chi connectivity index (χ0n) is 20.9. The molecule has 37 heavy (non-hydrogen) atoms. The second-order valence-electron chi connectivity index (χ2n) is 10.4. The average Bonchev–Trinajstić information content (AvgIpc) is 3.60. The molecule has 1 amide bonds. The van der Waals surface area contributed by atoms with Gasteiger partial charge < -0.3 is 15.2 Å². The lowest BCUT2D eigenvalue weighted by Gasteiger charge is -2.31. The molecule has 0 bridgehead atoms. The molecule has 4 aromatic rings. The summed E-state index contributed by atoms with van der Waals surface area (Å²) in [7, 11) is 0. The van der Waals surface area contributed by atoms with Gasteiger partial charge in [-0.2, -0.15) is 0 Å². The van der Waals surface area contributed by atoms with Gasteiger partial charge >= 0.3 is 0 Å². The van der Waals surface area contributed by atoms with Crippen LogP contribution in [0.25, 0.3) is 27.8 Å². The molecule has 2 fully saturated rings. The van der Waals surface area contributed by atoms with Gasteiger partial charge in [0.15, 0.2) is 0 Å². The van der Waals surface area contributed by atoms with Gasteiger partial charge in [-0.05, 0) is 56.7 Å². The van der Waals surface area contributed by atoms with Gasteiger partial charge in [-0.3, -0.25) is 4.79 Å². The highest BCUT2D eigenvalue weighted by Gasteiger charge is 2.28.